The van der Waals surface area contributed by atoms with Gasteiger partial charge in [0, 0.05) is 11.4 Å². The highest BCUT2D eigenvalue weighted by Gasteiger charge is 2.18. The molecular formula is C20H22N4OS2. The van der Waals surface area contributed by atoms with Crippen molar-refractivity contribution in [2.24, 2.45) is 0 Å². The number of hydrogen-bond acceptors (Lipinski definition) is 6. The summed E-state index contributed by atoms with van der Waals surface area (Å²) in [6.07, 6.45) is 0. The third-order valence-electron chi connectivity index (χ3n) is 4.01. The second-order valence-electron chi connectivity index (χ2n) is 6.43. The SMILES string of the molecule is Cc1ccc(Nc2nnc(SC(C)C(=O)Nc3cc(C)ccc3C)s2)cc1. The molecular weight excluding hydrogens is 376 g/mol. The molecule has 0 aliphatic heterocycles. The van der Waals surface area contributed by atoms with Gasteiger partial charge in [-0.15, -0.1) is 10.2 Å². The maximum absolute atomic E-state index is 12.5. The van der Waals surface area contributed by atoms with Gasteiger partial charge in [0.1, 0.15) is 0 Å². The van der Waals surface area contributed by atoms with E-state index in [9.17, 15) is 4.79 Å². The minimum absolute atomic E-state index is 0.0445. The van der Waals surface area contributed by atoms with Gasteiger partial charge in [0.25, 0.3) is 0 Å². The Morgan fingerprint density at radius 1 is 1.04 bits per heavy atom. The van der Waals surface area contributed by atoms with Crippen molar-refractivity contribution in [3.05, 3.63) is 59.2 Å². The van der Waals surface area contributed by atoms with E-state index in [-0.39, 0.29) is 11.2 Å². The largest absolute Gasteiger partial charge is 0.330 e. The summed E-state index contributed by atoms with van der Waals surface area (Å²) in [7, 11) is 0. The lowest BCUT2D eigenvalue weighted by molar-refractivity contribution is -0.115. The molecule has 0 radical (unpaired) electrons. The van der Waals surface area contributed by atoms with E-state index in [1.807, 2.05) is 70.2 Å². The van der Waals surface area contributed by atoms with Gasteiger partial charge in [-0.1, -0.05) is 52.9 Å². The molecule has 1 aromatic heterocycles. The molecule has 0 saturated carbocycles. The Morgan fingerprint density at radius 2 is 1.74 bits per heavy atom. The van der Waals surface area contributed by atoms with Crippen molar-refractivity contribution >= 4 is 45.5 Å². The lowest BCUT2D eigenvalue weighted by Crippen LogP contribution is -2.22. The number of nitrogens with one attached hydrogen (secondary N) is 2. The van der Waals surface area contributed by atoms with E-state index in [0.29, 0.717) is 5.13 Å². The smallest absolute Gasteiger partial charge is 0.237 e. The lowest BCUT2D eigenvalue weighted by atomic mass is 10.1. The quantitative estimate of drug-likeness (QED) is 0.550. The Bertz CT molecular complexity index is 937. The first-order valence-electron chi connectivity index (χ1n) is 8.62. The molecule has 1 atom stereocenters. The van der Waals surface area contributed by atoms with Crippen LogP contribution in [0.15, 0.2) is 46.8 Å². The molecule has 1 amide bonds. The highest BCUT2D eigenvalue weighted by Crippen LogP contribution is 2.31. The fourth-order valence-electron chi connectivity index (χ4n) is 2.38. The van der Waals surface area contributed by atoms with Gasteiger partial charge in [-0.3, -0.25) is 4.79 Å². The number of hydrogen-bond donors (Lipinski definition) is 2. The summed E-state index contributed by atoms with van der Waals surface area (Å²) < 4.78 is 0.758. The predicted octanol–water partition coefficient (Wildman–Crippen LogP) is 5.33. The second kappa shape index (κ2) is 8.54. The van der Waals surface area contributed by atoms with Crippen molar-refractivity contribution in [3.63, 3.8) is 0 Å². The van der Waals surface area contributed by atoms with Crippen molar-refractivity contribution in [2.45, 2.75) is 37.3 Å². The number of anilines is 3. The van der Waals surface area contributed by atoms with Crippen LogP contribution in [0.2, 0.25) is 0 Å². The topological polar surface area (TPSA) is 66.9 Å². The molecule has 0 saturated heterocycles. The molecule has 27 heavy (non-hydrogen) atoms. The molecule has 5 nitrogen and oxygen atoms in total. The number of aromatic nitrogens is 2. The molecule has 140 valence electrons. The molecule has 0 bridgehead atoms. The molecule has 1 heterocycles. The van der Waals surface area contributed by atoms with Crippen LogP contribution >= 0.6 is 23.1 Å². The van der Waals surface area contributed by atoms with Crippen LogP contribution in [0, 0.1) is 20.8 Å². The maximum atomic E-state index is 12.5. The fraction of sp³-hybridized carbons (Fsp3) is 0.250. The summed E-state index contributed by atoms with van der Waals surface area (Å²) in [5.74, 6) is -0.0445. The van der Waals surface area contributed by atoms with Gasteiger partial charge in [0.05, 0.1) is 5.25 Å². The van der Waals surface area contributed by atoms with Gasteiger partial charge < -0.3 is 10.6 Å². The summed E-state index contributed by atoms with van der Waals surface area (Å²) in [5.41, 5.74) is 5.19. The van der Waals surface area contributed by atoms with Gasteiger partial charge in [-0.25, -0.2) is 0 Å². The molecule has 0 aliphatic rings. The monoisotopic (exact) mass is 398 g/mol. The number of aryl methyl sites for hydroxylation is 3. The van der Waals surface area contributed by atoms with E-state index < -0.39 is 0 Å². The van der Waals surface area contributed by atoms with Gasteiger partial charge in [0.15, 0.2) is 4.34 Å². The molecule has 1 unspecified atom stereocenters. The van der Waals surface area contributed by atoms with E-state index in [1.165, 1.54) is 28.7 Å². The highest BCUT2D eigenvalue weighted by atomic mass is 32.2. The molecule has 3 rings (SSSR count). The van der Waals surface area contributed by atoms with Crippen LogP contribution in [0.4, 0.5) is 16.5 Å². The standard InChI is InChI=1S/C20H22N4OS2/c1-12-6-9-16(10-7-12)21-19-23-24-20(27-19)26-15(4)18(25)22-17-11-13(2)5-8-14(17)3/h5-11,15H,1-4H3,(H,21,23)(H,22,25). The first-order chi connectivity index (χ1) is 12.9. The Kier molecular flexibility index (Phi) is 6.13. The predicted molar refractivity (Wildman–Crippen MR) is 114 cm³/mol. The summed E-state index contributed by atoms with van der Waals surface area (Å²) in [4.78, 5) is 12.5. The van der Waals surface area contributed by atoms with Crippen LogP contribution in [0.25, 0.3) is 0 Å². The van der Waals surface area contributed by atoms with Crippen LogP contribution in [0.1, 0.15) is 23.6 Å². The molecule has 3 aromatic rings. The van der Waals surface area contributed by atoms with Crippen molar-refractivity contribution in [2.75, 3.05) is 10.6 Å². The Hall–Kier alpha value is -2.38. The van der Waals surface area contributed by atoms with E-state index in [1.54, 1.807) is 0 Å². The zero-order chi connectivity index (χ0) is 19.4. The van der Waals surface area contributed by atoms with Gasteiger partial charge >= 0.3 is 0 Å². The third-order valence-corrected chi connectivity index (χ3v) is 6.03. The van der Waals surface area contributed by atoms with Crippen LogP contribution in [-0.4, -0.2) is 21.4 Å². The van der Waals surface area contributed by atoms with Crippen LogP contribution < -0.4 is 10.6 Å². The fourth-order valence-corrected chi connectivity index (χ4v) is 4.29. The van der Waals surface area contributed by atoms with E-state index in [2.05, 4.69) is 20.8 Å². The number of nitrogens with zero attached hydrogens (tertiary/aromatic N) is 2. The normalized spacial score (nSPS) is 11.9. The number of carbonyl (C=O) groups is 1. The molecule has 0 fully saturated rings. The second-order valence-corrected chi connectivity index (χ2v) is 9.00. The van der Waals surface area contributed by atoms with Gasteiger partial charge in [-0.2, -0.15) is 0 Å². The van der Waals surface area contributed by atoms with Crippen molar-refractivity contribution in [3.8, 4) is 0 Å². The van der Waals surface area contributed by atoms with E-state index in [4.69, 9.17) is 0 Å². The zero-order valence-electron chi connectivity index (χ0n) is 15.7. The van der Waals surface area contributed by atoms with Crippen LogP contribution in [0.3, 0.4) is 0 Å². The zero-order valence-corrected chi connectivity index (χ0v) is 17.4. The molecule has 0 spiro atoms. The minimum Gasteiger partial charge on any atom is -0.330 e. The number of rotatable bonds is 6. The van der Waals surface area contributed by atoms with E-state index >= 15 is 0 Å². The Labute approximate surface area is 167 Å². The van der Waals surface area contributed by atoms with Gasteiger partial charge in [-0.05, 0) is 57.0 Å². The molecule has 0 aliphatic carbocycles. The number of amides is 1. The maximum Gasteiger partial charge on any atom is 0.237 e. The van der Waals surface area contributed by atoms with Crippen LogP contribution in [0.5, 0.6) is 0 Å². The molecule has 2 N–H and O–H groups in total. The highest BCUT2D eigenvalue weighted by molar-refractivity contribution is 8.02. The molecule has 2 aromatic carbocycles. The number of benzene rings is 2. The lowest BCUT2D eigenvalue weighted by Gasteiger charge is -2.12. The summed E-state index contributed by atoms with van der Waals surface area (Å²) in [6, 6.07) is 14.1. The number of carbonyl (C=O) groups excluding carboxylic acids is 1. The minimum atomic E-state index is -0.273. The third kappa shape index (κ3) is 5.30. The first kappa shape index (κ1) is 19.4. The Balaban J connectivity index is 1.59. The summed E-state index contributed by atoms with van der Waals surface area (Å²) >= 11 is 2.85. The summed E-state index contributed by atoms with van der Waals surface area (Å²) in [5, 5.41) is 15.0. The van der Waals surface area contributed by atoms with E-state index in [0.717, 1.165) is 26.8 Å². The Morgan fingerprint density at radius 3 is 2.48 bits per heavy atom. The molecule has 7 heteroatoms. The van der Waals surface area contributed by atoms with Crippen molar-refractivity contribution in [1.82, 2.24) is 10.2 Å². The first-order valence-corrected chi connectivity index (χ1v) is 10.3. The average Bonchev–Trinajstić information content (AvgIpc) is 3.07. The number of thioether (sulfide) groups is 1. The van der Waals surface area contributed by atoms with Crippen molar-refractivity contribution in [1.29, 1.82) is 0 Å². The van der Waals surface area contributed by atoms with Crippen LogP contribution in [-0.2, 0) is 4.79 Å². The average molecular weight is 399 g/mol. The van der Waals surface area contributed by atoms with Gasteiger partial charge in [0.2, 0.25) is 11.0 Å². The summed E-state index contributed by atoms with van der Waals surface area (Å²) in [6.45, 7) is 7.92. The van der Waals surface area contributed by atoms with Crippen molar-refractivity contribution < 1.29 is 4.79 Å².